The lowest BCUT2D eigenvalue weighted by molar-refractivity contribution is -0.136. The van der Waals surface area contributed by atoms with Gasteiger partial charge >= 0.3 is 5.97 Å². The summed E-state index contributed by atoms with van der Waals surface area (Å²) in [6.45, 7) is 2.05. The normalized spacial score (nSPS) is 10.7. The Balaban J connectivity index is 1.89. The number of aryl methyl sites for hydroxylation is 2. The largest absolute Gasteiger partial charge is 0.490 e. The minimum absolute atomic E-state index is 0.000721. The summed E-state index contributed by atoms with van der Waals surface area (Å²) in [6, 6.07) is 3.15. The lowest BCUT2D eigenvalue weighted by atomic mass is 10.2. The van der Waals surface area contributed by atoms with E-state index in [1.54, 1.807) is 0 Å². The van der Waals surface area contributed by atoms with Gasteiger partial charge in [-0.2, -0.15) is 0 Å². The predicted octanol–water partition coefficient (Wildman–Crippen LogP) is 3.37. The molecule has 0 spiro atoms. The minimum atomic E-state index is -0.843. The van der Waals surface area contributed by atoms with Crippen molar-refractivity contribution in [2.24, 2.45) is 0 Å². The van der Waals surface area contributed by atoms with Crippen LogP contribution in [0.25, 0.3) is 0 Å². The number of rotatable bonds is 7. The van der Waals surface area contributed by atoms with Crippen molar-refractivity contribution in [2.45, 2.75) is 26.2 Å². The van der Waals surface area contributed by atoms with Crippen molar-refractivity contribution >= 4 is 17.3 Å². The molecule has 2 rings (SSSR count). The molecule has 0 atom stereocenters. The van der Waals surface area contributed by atoms with Crippen LogP contribution < -0.4 is 4.74 Å². The van der Waals surface area contributed by atoms with Gasteiger partial charge in [0, 0.05) is 17.4 Å². The Hall–Kier alpha value is -2.02. The highest BCUT2D eigenvalue weighted by Gasteiger charge is 2.10. The number of benzene rings is 1. The number of hydrogen-bond donors (Lipinski definition) is 1. The quantitative estimate of drug-likeness (QED) is 0.847. The molecular formula is C15H15F2NO3S. The highest BCUT2D eigenvalue weighted by Crippen LogP contribution is 2.21. The number of nitrogens with zero attached hydrogens (tertiary/aromatic N) is 1. The molecule has 1 aromatic heterocycles. The fourth-order valence-electron chi connectivity index (χ4n) is 1.89. The molecule has 0 aliphatic heterocycles. The number of halogens is 2. The lowest BCUT2D eigenvalue weighted by Gasteiger charge is -2.05. The molecule has 4 nitrogen and oxygen atoms in total. The third kappa shape index (κ3) is 4.49. The fraction of sp³-hybridized carbons (Fsp3) is 0.333. The van der Waals surface area contributed by atoms with Crippen molar-refractivity contribution in [3.63, 3.8) is 0 Å². The number of ether oxygens (including phenoxy) is 1. The first-order valence-corrected chi connectivity index (χ1v) is 7.52. The smallest absolute Gasteiger partial charge is 0.303 e. The maximum absolute atomic E-state index is 13.4. The van der Waals surface area contributed by atoms with Gasteiger partial charge in [0.05, 0.1) is 23.7 Å². The topological polar surface area (TPSA) is 59.4 Å². The molecule has 1 N–H and O–H groups in total. The third-order valence-corrected chi connectivity index (χ3v) is 4.25. The van der Waals surface area contributed by atoms with Gasteiger partial charge in [0.2, 0.25) is 0 Å². The molecule has 0 aliphatic carbocycles. The Bertz CT molecular complexity index is 673. The molecule has 0 amide bonds. The summed E-state index contributed by atoms with van der Waals surface area (Å²) >= 11 is 1.44. The van der Waals surface area contributed by atoms with Crippen molar-refractivity contribution < 1.29 is 23.4 Å². The molecule has 0 aliphatic rings. The first kappa shape index (κ1) is 16.4. The van der Waals surface area contributed by atoms with Crippen LogP contribution in [0.3, 0.4) is 0 Å². The summed E-state index contributed by atoms with van der Waals surface area (Å²) in [5.41, 5.74) is 0.814. The first-order chi connectivity index (χ1) is 10.5. The third-order valence-electron chi connectivity index (χ3n) is 2.97. The van der Waals surface area contributed by atoms with Crippen LogP contribution in [0.4, 0.5) is 8.78 Å². The van der Waals surface area contributed by atoms with Gasteiger partial charge in [-0.05, 0) is 25.5 Å². The summed E-state index contributed by atoms with van der Waals surface area (Å²) in [5, 5.41) is 9.49. The van der Waals surface area contributed by atoms with Crippen LogP contribution in [0.15, 0.2) is 18.2 Å². The zero-order valence-electron chi connectivity index (χ0n) is 11.9. The van der Waals surface area contributed by atoms with E-state index in [1.165, 1.54) is 17.4 Å². The van der Waals surface area contributed by atoms with Crippen molar-refractivity contribution in [3.8, 4) is 5.75 Å². The van der Waals surface area contributed by atoms with Crippen LogP contribution in [0.5, 0.6) is 5.75 Å². The molecule has 0 unspecified atom stereocenters. The summed E-state index contributed by atoms with van der Waals surface area (Å²) in [6.07, 6.45) is 1.00. The maximum Gasteiger partial charge on any atom is 0.303 e. The van der Waals surface area contributed by atoms with E-state index in [-0.39, 0.29) is 18.8 Å². The van der Waals surface area contributed by atoms with Crippen LogP contribution in [-0.4, -0.2) is 22.7 Å². The van der Waals surface area contributed by atoms with Gasteiger partial charge in [-0.1, -0.05) is 0 Å². The second-order valence-electron chi connectivity index (χ2n) is 4.68. The zero-order valence-corrected chi connectivity index (χ0v) is 12.8. The van der Waals surface area contributed by atoms with E-state index < -0.39 is 17.6 Å². The van der Waals surface area contributed by atoms with E-state index in [0.29, 0.717) is 12.8 Å². The Morgan fingerprint density at radius 3 is 2.82 bits per heavy atom. The molecule has 0 bridgehead atoms. The number of thiazole rings is 1. The molecule has 1 aromatic carbocycles. The number of carboxylic acids is 1. The molecule has 0 radical (unpaired) electrons. The molecule has 2 aromatic rings. The molecule has 0 saturated carbocycles. The van der Waals surface area contributed by atoms with Gasteiger partial charge in [0.15, 0.2) is 11.6 Å². The predicted molar refractivity (Wildman–Crippen MR) is 78.4 cm³/mol. The molecular weight excluding hydrogens is 312 g/mol. The van der Waals surface area contributed by atoms with Gasteiger partial charge in [-0.3, -0.25) is 4.79 Å². The summed E-state index contributed by atoms with van der Waals surface area (Å²) in [5.74, 6) is -2.23. The fourth-order valence-corrected chi connectivity index (χ4v) is 2.94. The Labute approximate surface area is 130 Å². The van der Waals surface area contributed by atoms with Gasteiger partial charge < -0.3 is 9.84 Å². The van der Waals surface area contributed by atoms with Crippen LogP contribution in [0.2, 0.25) is 0 Å². The molecule has 1 heterocycles. The van der Waals surface area contributed by atoms with E-state index in [2.05, 4.69) is 4.98 Å². The number of carbonyl (C=O) groups is 1. The average Bonchev–Trinajstić information content (AvgIpc) is 2.79. The SMILES string of the molecule is Cc1nc(CCOc2ccc(F)cc2F)sc1CCC(=O)O. The second-order valence-corrected chi connectivity index (χ2v) is 5.85. The average molecular weight is 327 g/mol. The van der Waals surface area contributed by atoms with Crippen LogP contribution in [0, 0.1) is 18.6 Å². The number of carboxylic acid groups (broad SMARTS) is 1. The van der Waals surface area contributed by atoms with Crippen molar-refractivity contribution in [2.75, 3.05) is 6.61 Å². The Kier molecular flexibility index (Phi) is 5.43. The maximum atomic E-state index is 13.4. The van der Waals surface area contributed by atoms with Crippen molar-refractivity contribution in [1.29, 1.82) is 0 Å². The van der Waals surface area contributed by atoms with Crippen molar-refractivity contribution in [3.05, 3.63) is 45.4 Å². The highest BCUT2D eigenvalue weighted by molar-refractivity contribution is 7.11. The van der Waals surface area contributed by atoms with Gasteiger partial charge in [-0.25, -0.2) is 13.8 Å². The molecule has 22 heavy (non-hydrogen) atoms. The number of aromatic nitrogens is 1. The number of aliphatic carboxylic acids is 1. The minimum Gasteiger partial charge on any atom is -0.490 e. The van der Waals surface area contributed by atoms with Crippen LogP contribution >= 0.6 is 11.3 Å². The lowest BCUT2D eigenvalue weighted by Crippen LogP contribution is -2.02. The van der Waals surface area contributed by atoms with Gasteiger partial charge in [0.25, 0.3) is 0 Å². The summed E-state index contributed by atoms with van der Waals surface area (Å²) in [7, 11) is 0. The highest BCUT2D eigenvalue weighted by atomic mass is 32.1. The van der Waals surface area contributed by atoms with E-state index >= 15 is 0 Å². The van der Waals surface area contributed by atoms with E-state index in [9.17, 15) is 13.6 Å². The van der Waals surface area contributed by atoms with E-state index in [4.69, 9.17) is 9.84 Å². The standard InChI is InChI=1S/C15H15F2NO3S/c1-9-13(4-5-15(19)20)22-14(18-9)6-7-21-12-3-2-10(16)8-11(12)17/h2-3,8H,4-7H2,1H3,(H,19,20). The Morgan fingerprint density at radius 1 is 1.36 bits per heavy atom. The number of hydrogen-bond acceptors (Lipinski definition) is 4. The molecule has 7 heteroatoms. The van der Waals surface area contributed by atoms with E-state index in [0.717, 1.165) is 27.7 Å². The summed E-state index contributed by atoms with van der Waals surface area (Å²) < 4.78 is 31.4. The van der Waals surface area contributed by atoms with E-state index in [1.807, 2.05) is 6.92 Å². The van der Waals surface area contributed by atoms with Gasteiger partial charge in [-0.15, -0.1) is 11.3 Å². The molecule has 118 valence electrons. The second kappa shape index (κ2) is 7.31. The van der Waals surface area contributed by atoms with Crippen LogP contribution in [-0.2, 0) is 17.6 Å². The molecule has 0 saturated heterocycles. The first-order valence-electron chi connectivity index (χ1n) is 6.70. The summed E-state index contributed by atoms with van der Waals surface area (Å²) in [4.78, 5) is 15.9. The molecule has 0 fully saturated rings. The van der Waals surface area contributed by atoms with Crippen molar-refractivity contribution in [1.82, 2.24) is 4.98 Å². The zero-order chi connectivity index (χ0) is 16.1. The monoisotopic (exact) mass is 327 g/mol. The van der Waals surface area contributed by atoms with Gasteiger partial charge in [0.1, 0.15) is 5.82 Å². The van der Waals surface area contributed by atoms with Crippen LogP contribution in [0.1, 0.15) is 22.0 Å². The Morgan fingerprint density at radius 2 is 2.14 bits per heavy atom.